The van der Waals surface area contributed by atoms with Crippen LogP contribution in [0.15, 0.2) is 47.4 Å². The van der Waals surface area contributed by atoms with Crippen LogP contribution in [-0.2, 0) is 0 Å². The van der Waals surface area contributed by atoms with E-state index < -0.39 is 17.7 Å². The minimum absolute atomic E-state index is 0.0433. The average molecular weight is 295 g/mol. The number of aliphatic hydroxyl groups is 1. The fourth-order valence-corrected chi connectivity index (χ4v) is 2.21. The van der Waals surface area contributed by atoms with Crippen LogP contribution in [0.3, 0.4) is 0 Å². The highest BCUT2D eigenvalue weighted by Crippen LogP contribution is 2.21. The van der Waals surface area contributed by atoms with Gasteiger partial charge in [-0.2, -0.15) is 0 Å². The van der Waals surface area contributed by atoms with Crippen molar-refractivity contribution in [2.24, 2.45) is 0 Å². The first-order valence-electron chi connectivity index (χ1n) is 6.11. The zero-order chi connectivity index (χ0) is 14.5. The quantitative estimate of drug-likeness (QED) is 0.822. The summed E-state index contributed by atoms with van der Waals surface area (Å²) in [5, 5.41) is 12.9. The van der Waals surface area contributed by atoms with Crippen LogP contribution < -0.4 is 5.32 Å². The molecular formula is C15H15F2NOS. The van der Waals surface area contributed by atoms with Crippen LogP contribution in [0.1, 0.15) is 11.7 Å². The third kappa shape index (κ3) is 3.71. The van der Waals surface area contributed by atoms with Gasteiger partial charge >= 0.3 is 0 Å². The molecule has 0 radical (unpaired) electrons. The fourth-order valence-electron chi connectivity index (χ4n) is 1.80. The Bertz CT molecular complexity index is 575. The molecule has 0 aliphatic rings. The molecular weight excluding hydrogens is 280 g/mol. The van der Waals surface area contributed by atoms with Gasteiger partial charge in [-0.15, -0.1) is 11.8 Å². The SMILES string of the molecule is CSc1ccc(NCC(O)c2cc(F)ccc2F)cc1. The summed E-state index contributed by atoms with van der Waals surface area (Å²) in [5.74, 6) is -1.18. The second-order valence-corrected chi connectivity index (χ2v) is 5.17. The van der Waals surface area contributed by atoms with Gasteiger partial charge in [-0.3, -0.25) is 0 Å². The number of benzene rings is 2. The molecule has 2 rings (SSSR count). The van der Waals surface area contributed by atoms with Crippen molar-refractivity contribution in [2.75, 3.05) is 18.1 Å². The van der Waals surface area contributed by atoms with Gasteiger partial charge in [0.1, 0.15) is 11.6 Å². The van der Waals surface area contributed by atoms with Crippen molar-refractivity contribution in [3.63, 3.8) is 0 Å². The van der Waals surface area contributed by atoms with Crippen LogP contribution >= 0.6 is 11.8 Å². The molecule has 106 valence electrons. The van der Waals surface area contributed by atoms with E-state index in [1.165, 1.54) is 0 Å². The van der Waals surface area contributed by atoms with Crippen molar-refractivity contribution in [3.8, 4) is 0 Å². The van der Waals surface area contributed by atoms with E-state index in [2.05, 4.69) is 5.32 Å². The standard InChI is InChI=1S/C15H15F2NOS/c1-20-12-5-3-11(4-6-12)18-9-15(19)13-8-10(16)2-7-14(13)17/h2-8,15,18-19H,9H2,1H3. The van der Waals surface area contributed by atoms with Crippen LogP contribution in [0, 0.1) is 11.6 Å². The largest absolute Gasteiger partial charge is 0.386 e. The summed E-state index contributed by atoms with van der Waals surface area (Å²) < 4.78 is 26.5. The Kier molecular flexibility index (Phi) is 4.98. The number of hydrogen-bond acceptors (Lipinski definition) is 3. The lowest BCUT2D eigenvalue weighted by Crippen LogP contribution is -2.13. The van der Waals surface area contributed by atoms with Gasteiger partial charge in [-0.05, 0) is 48.7 Å². The Morgan fingerprint density at radius 2 is 1.85 bits per heavy atom. The number of anilines is 1. The van der Waals surface area contributed by atoms with Crippen molar-refractivity contribution in [1.82, 2.24) is 0 Å². The first kappa shape index (κ1) is 14.8. The first-order chi connectivity index (χ1) is 9.60. The summed E-state index contributed by atoms with van der Waals surface area (Å²) in [6.07, 6.45) is 0.879. The lowest BCUT2D eigenvalue weighted by atomic mass is 10.1. The zero-order valence-electron chi connectivity index (χ0n) is 10.9. The normalized spacial score (nSPS) is 12.2. The molecule has 1 atom stereocenters. The summed E-state index contributed by atoms with van der Waals surface area (Å²) in [4.78, 5) is 1.13. The lowest BCUT2D eigenvalue weighted by Gasteiger charge is -2.14. The Morgan fingerprint density at radius 1 is 1.15 bits per heavy atom. The number of aliphatic hydroxyl groups excluding tert-OH is 1. The van der Waals surface area contributed by atoms with Crippen LogP contribution in [0.25, 0.3) is 0 Å². The summed E-state index contributed by atoms with van der Waals surface area (Å²) in [6, 6.07) is 10.7. The molecule has 0 aliphatic heterocycles. The minimum Gasteiger partial charge on any atom is -0.386 e. The monoisotopic (exact) mass is 295 g/mol. The van der Waals surface area contributed by atoms with E-state index in [0.717, 1.165) is 28.8 Å². The second-order valence-electron chi connectivity index (χ2n) is 4.29. The van der Waals surface area contributed by atoms with E-state index in [0.29, 0.717) is 0 Å². The molecule has 2 aromatic carbocycles. The summed E-state index contributed by atoms with van der Waals surface area (Å²) >= 11 is 1.63. The molecule has 0 bridgehead atoms. The van der Waals surface area contributed by atoms with E-state index in [9.17, 15) is 13.9 Å². The Balaban J connectivity index is 2.00. The first-order valence-corrected chi connectivity index (χ1v) is 7.33. The van der Waals surface area contributed by atoms with Gasteiger partial charge in [0.15, 0.2) is 0 Å². The van der Waals surface area contributed by atoms with Gasteiger partial charge in [0.2, 0.25) is 0 Å². The molecule has 0 amide bonds. The molecule has 5 heteroatoms. The average Bonchev–Trinajstić information content (AvgIpc) is 2.47. The maximum absolute atomic E-state index is 13.5. The van der Waals surface area contributed by atoms with E-state index >= 15 is 0 Å². The molecule has 2 aromatic rings. The van der Waals surface area contributed by atoms with Crippen molar-refractivity contribution >= 4 is 17.4 Å². The van der Waals surface area contributed by atoms with E-state index in [4.69, 9.17) is 0 Å². The number of hydrogen-bond donors (Lipinski definition) is 2. The molecule has 0 saturated carbocycles. The molecule has 2 N–H and O–H groups in total. The van der Waals surface area contributed by atoms with E-state index in [-0.39, 0.29) is 12.1 Å². The predicted molar refractivity (Wildman–Crippen MR) is 78.0 cm³/mol. The van der Waals surface area contributed by atoms with Crippen LogP contribution in [-0.4, -0.2) is 17.9 Å². The summed E-state index contributed by atoms with van der Waals surface area (Å²) in [7, 11) is 0. The van der Waals surface area contributed by atoms with Crippen molar-refractivity contribution in [1.29, 1.82) is 0 Å². The topological polar surface area (TPSA) is 32.3 Å². The number of thioether (sulfide) groups is 1. The van der Waals surface area contributed by atoms with Crippen LogP contribution in [0.2, 0.25) is 0 Å². The lowest BCUT2D eigenvalue weighted by molar-refractivity contribution is 0.186. The van der Waals surface area contributed by atoms with Gasteiger partial charge < -0.3 is 10.4 Å². The predicted octanol–water partition coefficient (Wildman–Crippen LogP) is 3.83. The highest BCUT2D eigenvalue weighted by molar-refractivity contribution is 7.98. The maximum atomic E-state index is 13.5. The number of halogens is 2. The highest BCUT2D eigenvalue weighted by Gasteiger charge is 2.13. The number of nitrogens with one attached hydrogen (secondary N) is 1. The summed E-state index contributed by atoms with van der Waals surface area (Å²) in [6.45, 7) is 0.110. The maximum Gasteiger partial charge on any atom is 0.129 e. The smallest absolute Gasteiger partial charge is 0.129 e. The Labute approximate surface area is 120 Å². The molecule has 0 aromatic heterocycles. The van der Waals surface area contributed by atoms with Crippen LogP contribution in [0.5, 0.6) is 0 Å². The molecule has 20 heavy (non-hydrogen) atoms. The third-order valence-corrected chi connectivity index (χ3v) is 3.65. The molecule has 0 heterocycles. The van der Waals surface area contributed by atoms with Gasteiger partial charge in [-0.1, -0.05) is 0 Å². The van der Waals surface area contributed by atoms with Gasteiger partial charge in [0.05, 0.1) is 6.10 Å². The fraction of sp³-hybridized carbons (Fsp3) is 0.200. The van der Waals surface area contributed by atoms with Crippen molar-refractivity contribution in [3.05, 3.63) is 59.7 Å². The van der Waals surface area contributed by atoms with Gasteiger partial charge in [0.25, 0.3) is 0 Å². The van der Waals surface area contributed by atoms with Gasteiger partial charge in [-0.25, -0.2) is 8.78 Å². The van der Waals surface area contributed by atoms with E-state index in [1.54, 1.807) is 11.8 Å². The molecule has 2 nitrogen and oxygen atoms in total. The Hall–Kier alpha value is -1.59. The Morgan fingerprint density at radius 3 is 2.50 bits per heavy atom. The van der Waals surface area contributed by atoms with Crippen molar-refractivity contribution in [2.45, 2.75) is 11.0 Å². The summed E-state index contributed by atoms with van der Waals surface area (Å²) in [5.41, 5.74) is 0.775. The molecule has 0 aliphatic carbocycles. The molecule has 0 saturated heterocycles. The zero-order valence-corrected chi connectivity index (χ0v) is 11.8. The second kappa shape index (κ2) is 6.72. The van der Waals surface area contributed by atoms with Crippen molar-refractivity contribution < 1.29 is 13.9 Å². The third-order valence-electron chi connectivity index (χ3n) is 2.91. The van der Waals surface area contributed by atoms with Crippen LogP contribution in [0.4, 0.5) is 14.5 Å². The molecule has 0 spiro atoms. The molecule has 1 unspecified atom stereocenters. The minimum atomic E-state index is -1.11. The number of rotatable bonds is 5. The highest BCUT2D eigenvalue weighted by atomic mass is 32.2. The van der Waals surface area contributed by atoms with Gasteiger partial charge in [0, 0.05) is 22.7 Å². The molecule has 0 fully saturated rings. The van der Waals surface area contributed by atoms with E-state index in [1.807, 2.05) is 30.5 Å².